The summed E-state index contributed by atoms with van der Waals surface area (Å²) in [6.45, 7) is 0.519. The van der Waals surface area contributed by atoms with Gasteiger partial charge in [-0.25, -0.2) is 0 Å². The fourth-order valence-electron chi connectivity index (χ4n) is 9.45. The molecule has 0 radical (unpaired) electrons. The zero-order chi connectivity index (χ0) is 41.0. The highest BCUT2D eigenvalue weighted by Gasteiger charge is 2.24. The van der Waals surface area contributed by atoms with Crippen LogP contribution in [-0.4, -0.2) is 30.5 Å². The van der Waals surface area contributed by atoms with Crippen LogP contribution in [0.1, 0.15) is 5.56 Å². The van der Waals surface area contributed by atoms with Crippen LogP contribution in [0.4, 0.5) is 0 Å². The number of benzene rings is 8. The maximum Gasteiger partial charge on any atom is 0.168 e. The maximum atomic E-state index is 6.56. The van der Waals surface area contributed by atoms with Gasteiger partial charge in [0.2, 0.25) is 0 Å². The van der Waals surface area contributed by atoms with Crippen LogP contribution in [0.3, 0.4) is 0 Å². The van der Waals surface area contributed by atoms with Gasteiger partial charge < -0.3 is 13.9 Å². The highest BCUT2D eigenvalue weighted by atomic mass is 16.5. The number of hydrogen-bond donors (Lipinski definition) is 0. The summed E-state index contributed by atoms with van der Waals surface area (Å²) in [5.74, 6) is 2.54. The molecule has 0 amide bonds. The molecule has 0 unspecified atom stereocenters. The second kappa shape index (κ2) is 14.8. The fourth-order valence-corrected chi connectivity index (χ4v) is 9.45. The van der Waals surface area contributed by atoms with Gasteiger partial charge in [0.05, 0.1) is 38.8 Å². The summed E-state index contributed by atoms with van der Waals surface area (Å²) in [5.41, 5.74) is 13.1. The molecule has 6 heteroatoms. The van der Waals surface area contributed by atoms with Gasteiger partial charge in [-0.2, -0.15) is 0 Å². The summed E-state index contributed by atoms with van der Waals surface area (Å²) in [4.78, 5) is 0. The lowest BCUT2D eigenvalue weighted by Crippen LogP contribution is -2.02. The molecule has 1 aliphatic rings. The molecule has 0 bridgehead atoms. The van der Waals surface area contributed by atoms with E-state index in [-0.39, 0.29) is 0 Å². The molecule has 0 aliphatic carbocycles. The minimum Gasteiger partial charge on any atom is -0.488 e. The Morgan fingerprint density at radius 3 is 1.77 bits per heavy atom. The Balaban J connectivity index is 1.06. The Bertz CT molecular complexity index is 3500. The van der Waals surface area contributed by atoms with Crippen molar-refractivity contribution in [2.75, 3.05) is 6.61 Å². The molecule has 0 atom stereocenters. The van der Waals surface area contributed by atoms with Crippen molar-refractivity contribution in [1.82, 2.24) is 23.9 Å². The molecule has 294 valence electrons. The standard InChI is InChI=1S/C56H39N5O/c1-2-16-36-62-54-38(19-5-1)34-35-51-53(54)45-28-12-15-31-48(45)60(51)46-29-13-10-26-43(46)41-24-17-25-42(37-41)59-47-30-14-11-27-44(47)52-49(59)32-18-33-50(52)61-55(39-20-6-3-7-21-39)57-58-56(61)40-22-8-4-9-23-40/h1-18,20-35,37H,19,36H2/b5-1-,16-2-. The van der Waals surface area contributed by atoms with E-state index in [0.717, 1.165) is 101 Å². The number of aromatic nitrogens is 5. The first-order valence-corrected chi connectivity index (χ1v) is 21.1. The summed E-state index contributed by atoms with van der Waals surface area (Å²) >= 11 is 0. The Morgan fingerprint density at radius 1 is 0.419 bits per heavy atom. The Labute approximate surface area is 358 Å². The van der Waals surface area contributed by atoms with Gasteiger partial charge in [-0.05, 0) is 72.2 Å². The van der Waals surface area contributed by atoms with Crippen LogP contribution >= 0.6 is 0 Å². The van der Waals surface area contributed by atoms with Crippen LogP contribution in [0.15, 0.2) is 212 Å². The summed E-state index contributed by atoms with van der Waals surface area (Å²) < 4.78 is 13.6. The van der Waals surface area contributed by atoms with Crippen molar-refractivity contribution in [3.05, 3.63) is 218 Å². The van der Waals surface area contributed by atoms with E-state index >= 15 is 0 Å². The summed E-state index contributed by atoms with van der Waals surface area (Å²) in [6.07, 6.45) is 9.26. The van der Waals surface area contributed by atoms with Crippen LogP contribution in [0.2, 0.25) is 0 Å². The number of rotatable bonds is 6. The van der Waals surface area contributed by atoms with Crippen LogP contribution < -0.4 is 4.74 Å². The fraction of sp³-hybridized carbons (Fsp3) is 0.0357. The van der Waals surface area contributed by atoms with E-state index in [1.165, 1.54) is 10.9 Å². The van der Waals surface area contributed by atoms with Gasteiger partial charge in [-0.15, -0.1) is 10.2 Å². The first kappa shape index (κ1) is 35.7. The van der Waals surface area contributed by atoms with E-state index in [0.29, 0.717) is 6.61 Å². The minimum atomic E-state index is 0.519. The van der Waals surface area contributed by atoms with Crippen molar-refractivity contribution in [2.24, 2.45) is 0 Å². The lowest BCUT2D eigenvalue weighted by atomic mass is 10.0. The predicted octanol–water partition coefficient (Wildman–Crippen LogP) is 13.5. The smallest absolute Gasteiger partial charge is 0.168 e. The molecule has 6 nitrogen and oxygen atoms in total. The third kappa shape index (κ3) is 5.72. The van der Waals surface area contributed by atoms with E-state index in [2.05, 4.69) is 214 Å². The summed E-state index contributed by atoms with van der Waals surface area (Å²) in [7, 11) is 0. The molecule has 3 aromatic heterocycles. The van der Waals surface area contributed by atoms with Gasteiger partial charge >= 0.3 is 0 Å². The van der Waals surface area contributed by atoms with Gasteiger partial charge in [-0.1, -0.05) is 158 Å². The van der Waals surface area contributed by atoms with Crippen LogP contribution in [-0.2, 0) is 6.42 Å². The average Bonchev–Trinajstić information content (AvgIpc) is 4.05. The molecule has 0 saturated heterocycles. The molecule has 0 saturated carbocycles. The van der Waals surface area contributed by atoms with Gasteiger partial charge in [-0.3, -0.25) is 4.57 Å². The van der Waals surface area contributed by atoms with Crippen molar-refractivity contribution < 1.29 is 4.74 Å². The second-order valence-electron chi connectivity index (χ2n) is 15.7. The largest absolute Gasteiger partial charge is 0.488 e. The molecule has 1 aliphatic heterocycles. The SMILES string of the molecule is C1=C\COc2c(ccc3c2c2ccccc2n3-c2ccccc2-c2cccc(-n3c4ccccc4c4c(-n5c(-c6ccccc6)nnc5-c5ccccc5)cccc43)c2)C\C=C/1. The summed E-state index contributed by atoms with van der Waals surface area (Å²) in [6, 6.07) is 66.9. The van der Waals surface area contributed by atoms with Crippen molar-refractivity contribution >= 4 is 43.6 Å². The number of ether oxygens (including phenoxy) is 1. The van der Waals surface area contributed by atoms with E-state index in [9.17, 15) is 0 Å². The monoisotopic (exact) mass is 797 g/mol. The molecule has 11 aromatic rings. The van der Waals surface area contributed by atoms with E-state index < -0.39 is 0 Å². The molecule has 0 N–H and O–H groups in total. The first-order valence-electron chi connectivity index (χ1n) is 21.1. The zero-order valence-corrected chi connectivity index (χ0v) is 33.8. The molecule has 4 heterocycles. The molecule has 0 fully saturated rings. The van der Waals surface area contributed by atoms with Crippen LogP contribution in [0.25, 0.3) is 94.6 Å². The molecule has 8 aromatic carbocycles. The zero-order valence-electron chi connectivity index (χ0n) is 33.8. The number of hydrogen-bond acceptors (Lipinski definition) is 3. The molecular formula is C56H39N5O. The molecule has 0 spiro atoms. The van der Waals surface area contributed by atoms with Crippen molar-refractivity contribution in [3.8, 4) is 56.7 Å². The summed E-state index contributed by atoms with van der Waals surface area (Å²) in [5, 5.41) is 14.3. The van der Waals surface area contributed by atoms with Crippen molar-refractivity contribution in [2.45, 2.75) is 6.42 Å². The lowest BCUT2D eigenvalue weighted by Gasteiger charge is -2.16. The Hall–Kier alpha value is -8.22. The highest BCUT2D eigenvalue weighted by molar-refractivity contribution is 6.14. The number of allylic oxidation sites excluding steroid dienone is 3. The van der Waals surface area contributed by atoms with E-state index in [1.54, 1.807) is 0 Å². The highest BCUT2D eigenvalue weighted by Crippen LogP contribution is 2.43. The third-order valence-corrected chi connectivity index (χ3v) is 12.1. The Kier molecular flexibility index (Phi) is 8.52. The van der Waals surface area contributed by atoms with Gasteiger partial charge in [0.15, 0.2) is 11.6 Å². The molecule has 62 heavy (non-hydrogen) atoms. The number of nitrogens with zero attached hydrogens (tertiary/aromatic N) is 5. The number of fused-ring (bicyclic) bond motifs is 8. The molecular weight excluding hydrogens is 759 g/mol. The predicted molar refractivity (Wildman–Crippen MR) is 254 cm³/mol. The van der Waals surface area contributed by atoms with Gasteiger partial charge in [0.1, 0.15) is 12.4 Å². The lowest BCUT2D eigenvalue weighted by molar-refractivity contribution is 0.364. The normalized spacial score (nSPS) is 13.7. The number of para-hydroxylation sites is 3. The Morgan fingerprint density at radius 2 is 1.00 bits per heavy atom. The van der Waals surface area contributed by atoms with E-state index in [4.69, 9.17) is 14.9 Å². The minimum absolute atomic E-state index is 0.519. The second-order valence-corrected chi connectivity index (χ2v) is 15.7. The average molecular weight is 798 g/mol. The first-order chi connectivity index (χ1) is 30.8. The van der Waals surface area contributed by atoms with E-state index in [1.807, 2.05) is 12.1 Å². The van der Waals surface area contributed by atoms with Crippen molar-refractivity contribution in [3.63, 3.8) is 0 Å². The van der Waals surface area contributed by atoms with Crippen molar-refractivity contribution in [1.29, 1.82) is 0 Å². The van der Waals surface area contributed by atoms with Crippen LogP contribution in [0.5, 0.6) is 5.75 Å². The van der Waals surface area contributed by atoms with Gasteiger partial charge in [0.25, 0.3) is 0 Å². The topological polar surface area (TPSA) is 49.8 Å². The third-order valence-electron chi connectivity index (χ3n) is 12.1. The maximum absolute atomic E-state index is 6.56. The molecule has 12 rings (SSSR count). The van der Waals surface area contributed by atoms with Gasteiger partial charge in [0, 0.05) is 38.5 Å². The quantitative estimate of drug-likeness (QED) is 0.168. The van der Waals surface area contributed by atoms with Crippen LogP contribution in [0, 0.1) is 0 Å².